The highest BCUT2D eigenvalue weighted by atomic mass is 16.1. The van der Waals surface area contributed by atoms with Crippen LogP contribution in [0.1, 0.15) is 6.92 Å². The largest absolute Gasteiger partial charge is 0.364 e. The Morgan fingerprint density at radius 3 is 3.00 bits per heavy atom. The average molecular weight is 195 g/mol. The summed E-state index contributed by atoms with van der Waals surface area (Å²) in [7, 11) is 0. The van der Waals surface area contributed by atoms with E-state index in [1.54, 1.807) is 13.1 Å². The van der Waals surface area contributed by atoms with Crippen molar-refractivity contribution < 1.29 is 4.79 Å². The first-order valence-corrected chi connectivity index (χ1v) is 4.22. The second-order valence-corrected chi connectivity index (χ2v) is 2.68. The number of hydrogen-bond acceptors (Lipinski definition) is 5. The lowest BCUT2D eigenvalue weighted by Gasteiger charge is -2.15. The molecule has 1 aliphatic heterocycles. The molecule has 0 saturated carbocycles. The Kier molecular flexibility index (Phi) is 3.35. The first kappa shape index (κ1) is 10.4. The van der Waals surface area contributed by atoms with E-state index in [2.05, 4.69) is 15.3 Å². The second kappa shape index (κ2) is 4.52. The summed E-state index contributed by atoms with van der Waals surface area (Å²) in [5, 5.41) is 2.92. The van der Waals surface area contributed by atoms with E-state index in [1.165, 1.54) is 0 Å². The number of nitrogens with one attached hydrogen (secondary N) is 1. The Bertz CT molecular complexity index is 329. The third-order valence-electron chi connectivity index (χ3n) is 1.68. The maximum atomic E-state index is 11.0. The van der Waals surface area contributed by atoms with Crippen LogP contribution >= 0.6 is 0 Å². The zero-order chi connectivity index (χ0) is 10.6. The predicted octanol–water partition coefficient (Wildman–Crippen LogP) is -1.27. The summed E-state index contributed by atoms with van der Waals surface area (Å²) in [4.78, 5) is 19.0. The van der Waals surface area contributed by atoms with Crippen LogP contribution in [0.4, 0.5) is 0 Å². The molecule has 0 fully saturated rings. The van der Waals surface area contributed by atoms with E-state index >= 15 is 0 Å². The lowest BCUT2D eigenvalue weighted by molar-refractivity contribution is -0.114. The molecule has 1 heterocycles. The van der Waals surface area contributed by atoms with Crippen LogP contribution in [-0.4, -0.2) is 30.9 Å². The van der Waals surface area contributed by atoms with Crippen molar-refractivity contribution in [2.75, 3.05) is 13.1 Å². The molecular weight excluding hydrogens is 182 g/mol. The number of nitrogens with two attached hydrogens (primary N) is 2. The van der Waals surface area contributed by atoms with Gasteiger partial charge in [-0.1, -0.05) is 0 Å². The zero-order valence-corrected chi connectivity index (χ0v) is 7.95. The van der Waals surface area contributed by atoms with Crippen molar-refractivity contribution in [3.05, 3.63) is 11.5 Å². The molecule has 0 saturated heterocycles. The van der Waals surface area contributed by atoms with Gasteiger partial charge in [-0.15, -0.1) is 0 Å². The van der Waals surface area contributed by atoms with Gasteiger partial charge in [0.15, 0.2) is 11.5 Å². The Balaban J connectivity index is 3.06. The first-order valence-electron chi connectivity index (χ1n) is 4.22. The van der Waals surface area contributed by atoms with Gasteiger partial charge in [-0.05, 0) is 6.92 Å². The fourth-order valence-corrected chi connectivity index (χ4v) is 1.05. The summed E-state index contributed by atoms with van der Waals surface area (Å²) >= 11 is 0. The Labute approximate surface area is 81.8 Å². The van der Waals surface area contributed by atoms with Crippen LogP contribution in [0.5, 0.6) is 0 Å². The molecule has 0 aromatic carbocycles. The van der Waals surface area contributed by atoms with E-state index in [9.17, 15) is 4.79 Å². The van der Waals surface area contributed by atoms with Crippen molar-refractivity contribution in [2.24, 2.45) is 21.5 Å². The van der Waals surface area contributed by atoms with Crippen molar-refractivity contribution in [2.45, 2.75) is 6.92 Å². The van der Waals surface area contributed by atoms with Crippen LogP contribution in [0.15, 0.2) is 21.5 Å². The maximum Gasteiger partial charge on any atom is 0.271 e. The third kappa shape index (κ3) is 2.17. The minimum atomic E-state index is -0.608. The quantitative estimate of drug-likeness (QED) is 0.489. The van der Waals surface area contributed by atoms with Crippen LogP contribution in [0, 0.1) is 0 Å². The summed E-state index contributed by atoms with van der Waals surface area (Å²) in [6, 6.07) is 0. The van der Waals surface area contributed by atoms with Gasteiger partial charge in [0.2, 0.25) is 0 Å². The maximum absolute atomic E-state index is 11.0. The van der Waals surface area contributed by atoms with Gasteiger partial charge in [0.1, 0.15) is 0 Å². The SMILES string of the molecule is CC=NC1=C(C(N)=O)N=C(CN)CN1. The van der Waals surface area contributed by atoms with Gasteiger partial charge in [0.05, 0.1) is 12.3 Å². The number of nitrogens with zero attached hydrogens (tertiary/aromatic N) is 2. The molecule has 14 heavy (non-hydrogen) atoms. The Morgan fingerprint density at radius 1 is 1.79 bits per heavy atom. The molecule has 0 aromatic rings. The fraction of sp³-hybridized carbons (Fsp3) is 0.375. The van der Waals surface area contributed by atoms with Gasteiger partial charge in [0, 0.05) is 12.8 Å². The minimum Gasteiger partial charge on any atom is -0.364 e. The molecule has 6 heteroatoms. The molecule has 0 bridgehead atoms. The summed E-state index contributed by atoms with van der Waals surface area (Å²) in [5.74, 6) is -0.207. The van der Waals surface area contributed by atoms with E-state index in [4.69, 9.17) is 11.5 Å². The monoisotopic (exact) mass is 195 g/mol. The molecule has 0 unspecified atom stereocenters. The molecule has 5 N–H and O–H groups in total. The van der Waals surface area contributed by atoms with E-state index in [-0.39, 0.29) is 5.70 Å². The highest BCUT2D eigenvalue weighted by Gasteiger charge is 2.16. The molecule has 0 aromatic heterocycles. The van der Waals surface area contributed by atoms with Gasteiger partial charge in [-0.25, -0.2) is 9.98 Å². The Morgan fingerprint density at radius 2 is 2.50 bits per heavy atom. The van der Waals surface area contributed by atoms with Crippen LogP contribution in [0.3, 0.4) is 0 Å². The van der Waals surface area contributed by atoms with Gasteiger partial charge in [-0.2, -0.15) is 0 Å². The van der Waals surface area contributed by atoms with Crippen molar-refractivity contribution in [1.82, 2.24) is 5.32 Å². The smallest absolute Gasteiger partial charge is 0.271 e. The second-order valence-electron chi connectivity index (χ2n) is 2.68. The number of hydrogen-bond donors (Lipinski definition) is 3. The third-order valence-corrected chi connectivity index (χ3v) is 1.68. The topological polar surface area (TPSA) is 106 Å². The number of aliphatic imine (C=N–C) groups is 2. The van der Waals surface area contributed by atoms with Crippen molar-refractivity contribution in [1.29, 1.82) is 0 Å². The van der Waals surface area contributed by atoms with Crippen LogP contribution in [0.25, 0.3) is 0 Å². The van der Waals surface area contributed by atoms with Crippen molar-refractivity contribution >= 4 is 17.8 Å². The van der Waals surface area contributed by atoms with E-state index in [0.717, 1.165) is 0 Å². The Hall–Kier alpha value is -1.69. The molecule has 0 radical (unpaired) electrons. The van der Waals surface area contributed by atoms with Gasteiger partial charge < -0.3 is 16.8 Å². The molecular formula is C8H13N5O. The number of carbonyl (C=O) groups excluding carboxylic acids is 1. The lowest BCUT2D eigenvalue weighted by atomic mass is 10.3. The van der Waals surface area contributed by atoms with E-state index in [1.807, 2.05) is 0 Å². The summed E-state index contributed by atoms with van der Waals surface area (Å²) in [5.41, 5.74) is 11.4. The normalized spacial score (nSPS) is 16.9. The summed E-state index contributed by atoms with van der Waals surface area (Å²) < 4.78 is 0. The van der Waals surface area contributed by atoms with Gasteiger partial charge >= 0.3 is 0 Å². The molecule has 0 aliphatic carbocycles. The summed E-state index contributed by atoms with van der Waals surface area (Å²) in [6.45, 7) is 2.54. The van der Waals surface area contributed by atoms with Crippen LogP contribution < -0.4 is 16.8 Å². The van der Waals surface area contributed by atoms with Gasteiger partial charge in [-0.3, -0.25) is 4.79 Å². The predicted molar refractivity (Wildman–Crippen MR) is 54.9 cm³/mol. The summed E-state index contributed by atoms with van der Waals surface area (Å²) in [6.07, 6.45) is 1.56. The lowest BCUT2D eigenvalue weighted by Crippen LogP contribution is -2.34. The number of rotatable bonds is 3. The van der Waals surface area contributed by atoms with Crippen LogP contribution in [0.2, 0.25) is 0 Å². The number of primary amides is 1. The fourth-order valence-electron chi connectivity index (χ4n) is 1.05. The van der Waals surface area contributed by atoms with Crippen LogP contribution in [-0.2, 0) is 4.79 Å². The minimum absolute atomic E-state index is 0.134. The van der Waals surface area contributed by atoms with Crippen molar-refractivity contribution in [3.8, 4) is 0 Å². The van der Waals surface area contributed by atoms with E-state index < -0.39 is 5.91 Å². The highest BCUT2D eigenvalue weighted by molar-refractivity contribution is 5.99. The molecule has 1 rings (SSSR count). The number of amides is 1. The molecule has 0 spiro atoms. The molecule has 0 atom stereocenters. The van der Waals surface area contributed by atoms with E-state index in [0.29, 0.717) is 24.6 Å². The highest BCUT2D eigenvalue weighted by Crippen LogP contribution is 2.08. The molecule has 1 amide bonds. The molecule has 76 valence electrons. The standard InChI is InChI=1S/C8H13N5O/c1-2-11-8-6(7(10)14)13-5(3-9)4-12-8/h2,12H,3-4,9H2,1H3,(H2,10,14). The molecule has 6 nitrogen and oxygen atoms in total. The van der Waals surface area contributed by atoms with Gasteiger partial charge in [0.25, 0.3) is 5.91 Å². The zero-order valence-electron chi connectivity index (χ0n) is 7.95. The first-order chi connectivity index (χ1) is 6.69. The molecule has 1 aliphatic rings. The number of carbonyl (C=O) groups is 1. The average Bonchev–Trinajstić information content (AvgIpc) is 2.18. The van der Waals surface area contributed by atoms with Crippen molar-refractivity contribution in [3.63, 3.8) is 0 Å².